The van der Waals surface area contributed by atoms with Crippen molar-refractivity contribution in [1.82, 2.24) is 0 Å². The van der Waals surface area contributed by atoms with Gasteiger partial charge in [0.05, 0.1) is 0 Å². The smallest absolute Gasteiger partial charge is 1.00 e. The first-order valence-electron chi connectivity index (χ1n) is 2.93. The number of rotatable bonds is 3. The summed E-state index contributed by atoms with van der Waals surface area (Å²) in [5.41, 5.74) is 0. The van der Waals surface area contributed by atoms with Crippen LogP contribution in [0.2, 0.25) is 0 Å². The summed E-state index contributed by atoms with van der Waals surface area (Å²) in [7, 11) is -2.67. The first kappa shape index (κ1) is 13.4. The third-order valence-electron chi connectivity index (χ3n) is 1.07. The molecule has 1 atom stereocenters. The fourth-order valence-corrected chi connectivity index (χ4v) is 1.52. The fourth-order valence-electron chi connectivity index (χ4n) is 0.508. The van der Waals surface area contributed by atoms with Gasteiger partial charge in [0.2, 0.25) is 0 Å². The summed E-state index contributed by atoms with van der Waals surface area (Å²) in [4.78, 5) is 8.88. The molecular formula is C5H15BaO2P. The normalized spacial score (nSPS) is 15.9. The van der Waals surface area contributed by atoms with E-state index in [-0.39, 0.29) is 51.7 Å². The molecule has 0 aromatic rings. The van der Waals surface area contributed by atoms with E-state index in [1.807, 2.05) is 6.92 Å². The van der Waals surface area contributed by atoms with Crippen molar-refractivity contribution in [2.75, 3.05) is 12.3 Å². The van der Waals surface area contributed by atoms with Crippen molar-refractivity contribution >= 4 is 56.2 Å². The van der Waals surface area contributed by atoms with E-state index >= 15 is 0 Å². The minimum atomic E-state index is -2.67. The molecule has 0 bridgehead atoms. The molecule has 0 saturated heterocycles. The van der Waals surface area contributed by atoms with Crippen molar-refractivity contribution in [3.63, 3.8) is 0 Å². The largest absolute Gasteiger partial charge is 2.00 e. The SMILES string of the molecule is CCCP(=O)(O)CC.[Ba+2].[H-].[H-]. The predicted octanol–water partition coefficient (Wildman–Crippen LogP) is 1.53. The minimum Gasteiger partial charge on any atom is -1.00 e. The average molecular weight is 275 g/mol. The molecule has 0 aliphatic heterocycles. The van der Waals surface area contributed by atoms with Crippen LogP contribution in [0.15, 0.2) is 0 Å². The zero-order chi connectivity index (χ0) is 6.62. The summed E-state index contributed by atoms with van der Waals surface area (Å²) in [5.74, 6) is 0. The standard InChI is InChI=1S/C5H13O2P.Ba.2H/c1-3-5-8(6,7)4-2;;;/h3-5H2,1-2H3,(H,6,7);;;/q;+2;2*-1. The van der Waals surface area contributed by atoms with Crippen LogP contribution in [0.3, 0.4) is 0 Å². The van der Waals surface area contributed by atoms with Crippen LogP contribution < -0.4 is 0 Å². The van der Waals surface area contributed by atoms with E-state index in [0.29, 0.717) is 12.3 Å². The molecule has 1 N–H and O–H groups in total. The second-order valence-corrected chi connectivity index (χ2v) is 4.66. The molecule has 0 rings (SSSR count). The van der Waals surface area contributed by atoms with Crippen LogP contribution >= 0.6 is 7.37 Å². The van der Waals surface area contributed by atoms with Gasteiger partial charge in [-0.3, -0.25) is 4.57 Å². The quantitative estimate of drug-likeness (QED) is 0.626. The molecule has 0 aromatic heterocycles. The summed E-state index contributed by atoms with van der Waals surface area (Å²) >= 11 is 0. The summed E-state index contributed by atoms with van der Waals surface area (Å²) in [6.45, 7) is 3.66. The van der Waals surface area contributed by atoms with Gasteiger partial charge < -0.3 is 7.75 Å². The average Bonchev–Trinajstić information content (AvgIpc) is 1.67. The Morgan fingerprint density at radius 3 is 2.11 bits per heavy atom. The number of hydrogen-bond donors (Lipinski definition) is 1. The van der Waals surface area contributed by atoms with E-state index in [4.69, 9.17) is 4.89 Å². The third kappa shape index (κ3) is 7.66. The maximum atomic E-state index is 10.7. The van der Waals surface area contributed by atoms with Gasteiger partial charge in [-0.15, -0.1) is 0 Å². The van der Waals surface area contributed by atoms with Crippen molar-refractivity contribution in [2.45, 2.75) is 20.3 Å². The number of hydrogen-bond acceptors (Lipinski definition) is 1. The van der Waals surface area contributed by atoms with Crippen LogP contribution in [0.1, 0.15) is 23.1 Å². The summed E-state index contributed by atoms with van der Waals surface area (Å²) in [6.07, 6.45) is 1.70. The van der Waals surface area contributed by atoms with Crippen molar-refractivity contribution < 1.29 is 12.3 Å². The Hall–Kier alpha value is 1.76. The summed E-state index contributed by atoms with van der Waals surface area (Å²) in [6, 6.07) is 0. The van der Waals surface area contributed by atoms with Gasteiger partial charge in [-0.1, -0.05) is 13.8 Å². The van der Waals surface area contributed by atoms with E-state index in [2.05, 4.69) is 0 Å². The zero-order valence-electron chi connectivity index (χ0n) is 8.13. The van der Waals surface area contributed by atoms with Crippen molar-refractivity contribution in [3.8, 4) is 0 Å². The molecule has 1 unspecified atom stereocenters. The first-order valence-corrected chi connectivity index (χ1v) is 4.96. The van der Waals surface area contributed by atoms with Crippen molar-refractivity contribution in [3.05, 3.63) is 0 Å². The Kier molecular flexibility index (Phi) is 9.60. The molecule has 54 valence electrons. The van der Waals surface area contributed by atoms with E-state index in [1.165, 1.54) is 0 Å². The van der Waals surface area contributed by atoms with Crippen molar-refractivity contribution in [2.24, 2.45) is 0 Å². The van der Waals surface area contributed by atoms with Gasteiger partial charge in [0.15, 0.2) is 7.37 Å². The molecule has 0 spiro atoms. The molecular weight excluding hydrogens is 260 g/mol. The molecule has 4 heteroatoms. The Labute approximate surface area is 99.9 Å². The topological polar surface area (TPSA) is 37.3 Å². The molecule has 0 aromatic carbocycles. The van der Waals surface area contributed by atoms with Gasteiger partial charge in [0, 0.05) is 12.3 Å². The van der Waals surface area contributed by atoms with Gasteiger partial charge in [-0.05, 0) is 6.42 Å². The minimum absolute atomic E-state index is 0. The molecule has 0 heterocycles. The van der Waals surface area contributed by atoms with E-state index < -0.39 is 7.37 Å². The molecule has 9 heavy (non-hydrogen) atoms. The summed E-state index contributed by atoms with van der Waals surface area (Å²) in [5, 5.41) is 0. The molecule has 0 fully saturated rings. The predicted molar refractivity (Wildman–Crippen MR) is 43.5 cm³/mol. The van der Waals surface area contributed by atoms with Crippen molar-refractivity contribution in [1.29, 1.82) is 0 Å². The molecule has 2 nitrogen and oxygen atoms in total. The van der Waals surface area contributed by atoms with Gasteiger partial charge in [0.25, 0.3) is 0 Å². The fraction of sp³-hybridized carbons (Fsp3) is 1.00. The van der Waals surface area contributed by atoms with Crippen LogP contribution in [0.25, 0.3) is 0 Å². The Morgan fingerprint density at radius 2 is 2.00 bits per heavy atom. The second kappa shape index (κ2) is 6.47. The Bertz CT molecular complexity index is 113. The van der Waals surface area contributed by atoms with Gasteiger partial charge >= 0.3 is 48.9 Å². The molecule has 0 saturated carbocycles. The Morgan fingerprint density at radius 1 is 1.56 bits per heavy atom. The van der Waals surface area contributed by atoms with Gasteiger partial charge in [-0.25, -0.2) is 0 Å². The van der Waals surface area contributed by atoms with Crippen LogP contribution in [-0.4, -0.2) is 66.1 Å². The van der Waals surface area contributed by atoms with Crippen LogP contribution in [0.4, 0.5) is 0 Å². The monoisotopic (exact) mass is 276 g/mol. The van der Waals surface area contributed by atoms with E-state index in [0.717, 1.165) is 6.42 Å². The molecule has 0 aliphatic rings. The molecule has 0 aliphatic carbocycles. The molecule has 0 amide bonds. The van der Waals surface area contributed by atoms with Gasteiger partial charge in [-0.2, -0.15) is 0 Å². The zero-order valence-corrected chi connectivity index (χ0v) is 11.5. The van der Waals surface area contributed by atoms with Crippen LogP contribution in [0.5, 0.6) is 0 Å². The van der Waals surface area contributed by atoms with Crippen LogP contribution in [0, 0.1) is 0 Å². The second-order valence-electron chi connectivity index (χ2n) is 1.89. The Balaban J connectivity index is -0.0000000817. The van der Waals surface area contributed by atoms with Crippen LogP contribution in [-0.2, 0) is 4.57 Å². The van der Waals surface area contributed by atoms with E-state index in [9.17, 15) is 4.57 Å². The maximum absolute atomic E-state index is 10.7. The van der Waals surface area contributed by atoms with E-state index in [1.54, 1.807) is 6.92 Å². The first-order chi connectivity index (χ1) is 3.62. The molecule has 0 radical (unpaired) electrons. The maximum Gasteiger partial charge on any atom is 2.00 e. The summed E-state index contributed by atoms with van der Waals surface area (Å²) < 4.78 is 10.7. The third-order valence-corrected chi connectivity index (χ3v) is 3.20. The van der Waals surface area contributed by atoms with Gasteiger partial charge in [0.1, 0.15) is 0 Å².